The second kappa shape index (κ2) is 7.78. The van der Waals surface area contributed by atoms with E-state index in [1.165, 1.54) is 0 Å². The number of hydrogen-bond acceptors (Lipinski definition) is 4. The first kappa shape index (κ1) is 17.0. The molecule has 22 heavy (non-hydrogen) atoms. The standard InChI is InChI=1S/C14H17Cl2N3O3/c15-9-2-1-3-10(13(9)16)18-12(20)8-11(14(21)22)19-6-4-17-5-7-19/h1-3,11,17H,4-8H2,(H,18,20)(H,21,22)/t11-/m1/s1. The van der Waals surface area contributed by atoms with Crippen LogP contribution in [0.4, 0.5) is 5.69 Å². The summed E-state index contributed by atoms with van der Waals surface area (Å²) in [4.78, 5) is 25.3. The first-order valence-corrected chi connectivity index (χ1v) is 7.66. The van der Waals surface area contributed by atoms with Crippen LogP contribution >= 0.6 is 23.2 Å². The van der Waals surface area contributed by atoms with Gasteiger partial charge in [0, 0.05) is 26.2 Å². The van der Waals surface area contributed by atoms with Crippen molar-refractivity contribution in [2.45, 2.75) is 12.5 Å². The molecule has 0 spiro atoms. The number of amides is 1. The number of nitrogens with one attached hydrogen (secondary N) is 2. The maximum Gasteiger partial charge on any atom is 0.321 e. The number of carbonyl (C=O) groups is 2. The van der Waals surface area contributed by atoms with Crippen molar-refractivity contribution in [3.8, 4) is 0 Å². The number of anilines is 1. The van der Waals surface area contributed by atoms with E-state index < -0.39 is 17.9 Å². The van der Waals surface area contributed by atoms with Crippen LogP contribution < -0.4 is 10.6 Å². The molecule has 1 heterocycles. The van der Waals surface area contributed by atoms with Gasteiger partial charge in [-0.1, -0.05) is 29.3 Å². The topological polar surface area (TPSA) is 81.7 Å². The van der Waals surface area contributed by atoms with E-state index in [1.54, 1.807) is 23.1 Å². The van der Waals surface area contributed by atoms with E-state index in [9.17, 15) is 14.7 Å². The third-order valence-electron chi connectivity index (χ3n) is 3.48. The molecule has 3 N–H and O–H groups in total. The summed E-state index contributed by atoms with van der Waals surface area (Å²) in [5.74, 6) is -1.41. The van der Waals surface area contributed by atoms with Crippen molar-refractivity contribution in [1.82, 2.24) is 10.2 Å². The van der Waals surface area contributed by atoms with Gasteiger partial charge in [0.1, 0.15) is 6.04 Å². The van der Waals surface area contributed by atoms with Crippen molar-refractivity contribution >= 4 is 40.8 Å². The van der Waals surface area contributed by atoms with E-state index in [1.807, 2.05) is 0 Å². The number of benzene rings is 1. The monoisotopic (exact) mass is 345 g/mol. The number of halogens is 2. The van der Waals surface area contributed by atoms with E-state index in [0.717, 1.165) is 0 Å². The maximum absolute atomic E-state index is 12.1. The minimum absolute atomic E-state index is 0.141. The Hall–Kier alpha value is -1.34. The fourth-order valence-electron chi connectivity index (χ4n) is 2.34. The van der Waals surface area contributed by atoms with Gasteiger partial charge < -0.3 is 15.7 Å². The van der Waals surface area contributed by atoms with Crippen LogP contribution in [0.3, 0.4) is 0 Å². The molecule has 1 aliphatic rings. The summed E-state index contributed by atoms with van der Waals surface area (Å²) < 4.78 is 0. The van der Waals surface area contributed by atoms with Gasteiger partial charge in [-0.2, -0.15) is 0 Å². The maximum atomic E-state index is 12.1. The molecule has 0 aliphatic carbocycles. The highest BCUT2D eigenvalue weighted by molar-refractivity contribution is 6.43. The summed E-state index contributed by atoms with van der Waals surface area (Å²) in [6.07, 6.45) is -0.141. The average molecular weight is 346 g/mol. The Morgan fingerprint density at radius 3 is 2.64 bits per heavy atom. The van der Waals surface area contributed by atoms with Crippen LogP contribution in [0, 0.1) is 0 Å². The van der Waals surface area contributed by atoms with Crippen molar-refractivity contribution in [2.24, 2.45) is 0 Å². The smallest absolute Gasteiger partial charge is 0.321 e. The molecule has 1 fully saturated rings. The lowest BCUT2D eigenvalue weighted by molar-refractivity contribution is -0.145. The third-order valence-corrected chi connectivity index (χ3v) is 4.30. The first-order valence-electron chi connectivity index (χ1n) is 6.90. The van der Waals surface area contributed by atoms with Gasteiger partial charge in [-0.25, -0.2) is 0 Å². The number of hydrogen-bond donors (Lipinski definition) is 3. The molecule has 120 valence electrons. The Labute approximate surface area is 138 Å². The van der Waals surface area contributed by atoms with Gasteiger partial charge in [0.05, 0.1) is 22.2 Å². The predicted octanol–water partition coefficient (Wildman–Crippen LogP) is 1.68. The third kappa shape index (κ3) is 4.33. The molecule has 6 nitrogen and oxygen atoms in total. The number of aliphatic carboxylic acids is 1. The SMILES string of the molecule is O=C(C[C@H](C(=O)O)N1CCNCC1)Nc1cccc(Cl)c1Cl. The molecule has 2 rings (SSSR count). The van der Waals surface area contributed by atoms with Crippen molar-refractivity contribution in [3.63, 3.8) is 0 Å². The van der Waals surface area contributed by atoms with E-state index in [4.69, 9.17) is 23.2 Å². The van der Waals surface area contributed by atoms with E-state index in [2.05, 4.69) is 10.6 Å². The lowest BCUT2D eigenvalue weighted by Gasteiger charge is -2.32. The molecule has 0 radical (unpaired) electrons. The summed E-state index contributed by atoms with van der Waals surface area (Å²) in [5, 5.41) is 15.7. The van der Waals surface area contributed by atoms with E-state index in [-0.39, 0.29) is 11.4 Å². The Kier molecular flexibility index (Phi) is 6.02. The molecular formula is C14H17Cl2N3O3. The molecule has 0 unspecified atom stereocenters. The molecule has 1 aliphatic heterocycles. The minimum Gasteiger partial charge on any atom is -0.480 e. The van der Waals surface area contributed by atoms with Gasteiger partial charge in [-0.05, 0) is 12.1 Å². The van der Waals surface area contributed by atoms with Crippen molar-refractivity contribution < 1.29 is 14.7 Å². The van der Waals surface area contributed by atoms with Gasteiger partial charge in [-0.15, -0.1) is 0 Å². The van der Waals surface area contributed by atoms with Gasteiger partial charge in [0.25, 0.3) is 0 Å². The number of carbonyl (C=O) groups excluding carboxylic acids is 1. The Morgan fingerprint density at radius 2 is 2.00 bits per heavy atom. The normalized spacial score (nSPS) is 17.0. The second-order valence-corrected chi connectivity index (χ2v) is 5.78. The Morgan fingerprint density at radius 1 is 1.32 bits per heavy atom. The Bertz CT molecular complexity index is 562. The van der Waals surface area contributed by atoms with Crippen LogP contribution in [0.5, 0.6) is 0 Å². The van der Waals surface area contributed by atoms with Crippen LogP contribution in [-0.2, 0) is 9.59 Å². The lowest BCUT2D eigenvalue weighted by Crippen LogP contribution is -2.52. The number of nitrogens with zero attached hydrogens (tertiary/aromatic N) is 1. The number of carboxylic acids is 1. The van der Waals surface area contributed by atoms with Crippen LogP contribution in [0.1, 0.15) is 6.42 Å². The molecule has 8 heteroatoms. The highest BCUT2D eigenvalue weighted by atomic mass is 35.5. The zero-order valence-corrected chi connectivity index (χ0v) is 13.3. The fourth-order valence-corrected chi connectivity index (χ4v) is 2.69. The zero-order valence-electron chi connectivity index (χ0n) is 11.8. The quantitative estimate of drug-likeness (QED) is 0.756. The van der Waals surface area contributed by atoms with Gasteiger partial charge in [-0.3, -0.25) is 14.5 Å². The predicted molar refractivity (Wildman–Crippen MR) is 85.6 cm³/mol. The summed E-state index contributed by atoms with van der Waals surface area (Å²) >= 11 is 11.9. The highest BCUT2D eigenvalue weighted by Crippen LogP contribution is 2.29. The largest absolute Gasteiger partial charge is 0.480 e. The summed E-state index contributed by atoms with van der Waals surface area (Å²) in [6, 6.07) is 4.04. The molecule has 1 atom stereocenters. The van der Waals surface area contributed by atoms with Crippen molar-refractivity contribution in [1.29, 1.82) is 0 Å². The molecule has 0 bridgehead atoms. The van der Waals surface area contributed by atoms with Crippen molar-refractivity contribution in [3.05, 3.63) is 28.2 Å². The molecular weight excluding hydrogens is 329 g/mol. The zero-order chi connectivity index (χ0) is 16.1. The minimum atomic E-state index is -1.01. The number of rotatable bonds is 5. The molecule has 1 aromatic rings. The first-order chi connectivity index (χ1) is 10.5. The number of carboxylic acid groups (broad SMARTS) is 1. The molecule has 0 saturated carbocycles. The van der Waals surface area contributed by atoms with Gasteiger partial charge in [0.2, 0.25) is 5.91 Å². The summed E-state index contributed by atoms with van der Waals surface area (Å²) in [6.45, 7) is 2.63. The van der Waals surface area contributed by atoms with Crippen LogP contribution in [-0.4, -0.2) is 54.1 Å². The van der Waals surface area contributed by atoms with E-state index >= 15 is 0 Å². The average Bonchev–Trinajstić information content (AvgIpc) is 2.50. The Balaban J connectivity index is 2.02. The fraction of sp³-hybridized carbons (Fsp3) is 0.429. The summed E-state index contributed by atoms with van der Waals surface area (Å²) in [7, 11) is 0. The lowest BCUT2D eigenvalue weighted by atomic mass is 10.1. The summed E-state index contributed by atoms with van der Waals surface area (Å²) in [5.41, 5.74) is 0.378. The highest BCUT2D eigenvalue weighted by Gasteiger charge is 2.29. The molecule has 1 amide bonds. The van der Waals surface area contributed by atoms with Crippen LogP contribution in [0.15, 0.2) is 18.2 Å². The molecule has 1 aromatic carbocycles. The van der Waals surface area contributed by atoms with Crippen LogP contribution in [0.2, 0.25) is 10.0 Å². The van der Waals surface area contributed by atoms with E-state index in [0.29, 0.717) is 36.9 Å². The van der Waals surface area contributed by atoms with Gasteiger partial charge in [0.15, 0.2) is 0 Å². The van der Waals surface area contributed by atoms with Crippen molar-refractivity contribution in [2.75, 3.05) is 31.5 Å². The molecule has 0 aromatic heterocycles. The second-order valence-electron chi connectivity index (χ2n) is 4.99. The van der Waals surface area contributed by atoms with Gasteiger partial charge >= 0.3 is 5.97 Å². The molecule has 1 saturated heterocycles. The number of piperazine rings is 1. The van der Waals surface area contributed by atoms with Crippen LogP contribution in [0.25, 0.3) is 0 Å².